The summed E-state index contributed by atoms with van der Waals surface area (Å²) < 4.78 is 16.5. The lowest BCUT2D eigenvalue weighted by molar-refractivity contribution is -0.139. The number of ketones is 1. The molecule has 7 nitrogen and oxygen atoms in total. The molecule has 1 aliphatic rings. The molecular formula is C31H33NO6. The quantitative estimate of drug-likeness (QED) is 0.219. The van der Waals surface area contributed by atoms with Gasteiger partial charge in [0.1, 0.15) is 11.5 Å². The van der Waals surface area contributed by atoms with Crippen molar-refractivity contribution in [3.63, 3.8) is 0 Å². The molecule has 0 saturated carbocycles. The highest BCUT2D eigenvalue weighted by molar-refractivity contribution is 6.46. The van der Waals surface area contributed by atoms with E-state index in [0.717, 1.165) is 28.9 Å². The molecule has 3 aromatic carbocycles. The number of hydrogen-bond acceptors (Lipinski definition) is 6. The summed E-state index contributed by atoms with van der Waals surface area (Å²) in [6, 6.07) is 19.4. The first kappa shape index (κ1) is 26.8. The fourth-order valence-corrected chi connectivity index (χ4v) is 4.70. The minimum absolute atomic E-state index is 0.0788. The van der Waals surface area contributed by atoms with E-state index in [2.05, 4.69) is 0 Å². The van der Waals surface area contributed by atoms with Crippen LogP contribution < -0.4 is 14.2 Å². The van der Waals surface area contributed by atoms with Gasteiger partial charge in [-0.1, -0.05) is 43.3 Å². The molecule has 1 unspecified atom stereocenters. The van der Waals surface area contributed by atoms with Gasteiger partial charge in [-0.2, -0.15) is 0 Å². The minimum atomic E-state index is -0.715. The van der Waals surface area contributed by atoms with Crippen molar-refractivity contribution in [1.29, 1.82) is 0 Å². The van der Waals surface area contributed by atoms with Gasteiger partial charge in [-0.3, -0.25) is 9.59 Å². The summed E-state index contributed by atoms with van der Waals surface area (Å²) in [6.45, 7) is 4.78. The molecule has 0 spiro atoms. The van der Waals surface area contributed by atoms with Gasteiger partial charge in [0.25, 0.3) is 11.7 Å². The van der Waals surface area contributed by atoms with Crippen LogP contribution in [0.25, 0.3) is 5.76 Å². The molecule has 198 valence electrons. The summed E-state index contributed by atoms with van der Waals surface area (Å²) in [4.78, 5) is 28.2. The molecular weight excluding hydrogens is 482 g/mol. The molecule has 0 radical (unpaired) electrons. The largest absolute Gasteiger partial charge is 0.507 e. The van der Waals surface area contributed by atoms with Crippen LogP contribution in [-0.4, -0.2) is 49.1 Å². The van der Waals surface area contributed by atoms with Crippen LogP contribution in [0.3, 0.4) is 0 Å². The first-order valence-corrected chi connectivity index (χ1v) is 12.7. The van der Waals surface area contributed by atoms with Crippen molar-refractivity contribution in [3.05, 3.63) is 94.6 Å². The molecule has 1 fully saturated rings. The smallest absolute Gasteiger partial charge is 0.295 e. The van der Waals surface area contributed by atoms with Crippen LogP contribution in [0.15, 0.2) is 72.3 Å². The number of aliphatic hydroxyl groups excluding tert-OH is 1. The van der Waals surface area contributed by atoms with Crippen LogP contribution in [0, 0.1) is 6.92 Å². The third-order valence-corrected chi connectivity index (χ3v) is 6.65. The third kappa shape index (κ3) is 5.37. The predicted octanol–water partition coefficient (Wildman–Crippen LogP) is 5.47. The second-order valence-corrected chi connectivity index (χ2v) is 9.17. The Kier molecular flexibility index (Phi) is 8.36. The van der Waals surface area contributed by atoms with Gasteiger partial charge in [0, 0.05) is 12.1 Å². The lowest BCUT2D eigenvalue weighted by Crippen LogP contribution is -2.31. The number of ether oxygens (including phenoxy) is 3. The van der Waals surface area contributed by atoms with Crippen LogP contribution in [0.4, 0.5) is 0 Å². The molecule has 1 aliphatic heterocycles. The lowest BCUT2D eigenvalue weighted by Gasteiger charge is -2.25. The van der Waals surface area contributed by atoms with E-state index in [-0.39, 0.29) is 17.9 Å². The van der Waals surface area contributed by atoms with Gasteiger partial charge in [-0.05, 0) is 66.8 Å². The van der Waals surface area contributed by atoms with E-state index in [0.29, 0.717) is 30.1 Å². The molecule has 38 heavy (non-hydrogen) atoms. The molecule has 1 atom stereocenters. The van der Waals surface area contributed by atoms with E-state index in [1.54, 1.807) is 32.4 Å². The maximum absolute atomic E-state index is 13.3. The predicted molar refractivity (Wildman–Crippen MR) is 146 cm³/mol. The Morgan fingerprint density at radius 2 is 1.63 bits per heavy atom. The molecule has 0 bridgehead atoms. The molecule has 1 N–H and O–H groups in total. The number of benzene rings is 3. The number of amides is 1. The lowest BCUT2D eigenvalue weighted by atomic mass is 9.94. The number of rotatable bonds is 10. The van der Waals surface area contributed by atoms with Gasteiger partial charge in [0.15, 0.2) is 11.5 Å². The monoisotopic (exact) mass is 515 g/mol. The summed E-state index contributed by atoms with van der Waals surface area (Å²) >= 11 is 0. The zero-order valence-corrected chi connectivity index (χ0v) is 22.2. The van der Waals surface area contributed by atoms with Gasteiger partial charge >= 0.3 is 0 Å². The number of carbonyl (C=O) groups excluding carboxylic acids is 2. The average Bonchev–Trinajstić information content (AvgIpc) is 3.20. The number of methoxy groups -OCH3 is 2. The molecule has 4 rings (SSSR count). The van der Waals surface area contributed by atoms with Crippen molar-refractivity contribution in [2.24, 2.45) is 0 Å². The van der Waals surface area contributed by atoms with Crippen LogP contribution in [0.2, 0.25) is 0 Å². The van der Waals surface area contributed by atoms with Gasteiger partial charge < -0.3 is 24.2 Å². The van der Waals surface area contributed by atoms with E-state index < -0.39 is 17.7 Å². The highest BCUT2D eigenvalue weighted by Crippen LogP contribution is 2.40. The second-order valence-electron chi connectivity index (χ2n) is 9.17. The van der Waals surface area contributed by atoms with Crippen molar-refractivity contribution in [2.75, 3.05) is 27.4 Å². The molecule has 1 saturated heterocycles. The Labute approximate surface area is 223 Å². The van der Waals surface area contributed by atoms with E-state index >= 15 is 0 Å². The van der Waals surface area contributed by atoms with Crippen molar-refractivity contribution < 1.29 is 28.9 Å². The van der Waals surface area contributed by atoms with E-state index in [4.69, 9.17) is 14.2 Å². The second kappa shape index (κ2) is 11.9. The normalized spacial score (nSPS) is 16.5. The van der Waals surface area contributed by atoms with Crippen molar-refractivity contribution in [1.82, 2.24) is 4.90 Å². The van der Waals surface area contributed by atoms with Crippen LogP contribution in [-0.2, 0) is 16.0 Å². The number of hydrogen-bond donors (Lipinski definition) is 1. The molecule has 3 aromatic rings. The topological polar surface area (TPSA) is 85.3 Å². The molecule has 1 amide bonds. The van der Waals surface area contributed by atoms with Gasteiger partial charge in [-0.15, -0.1) is 0 Å². The fraction of sp³-hybridized carbons (Fsp3) is 0.290. The maximum atomic E-state index is 13.3. The minimum Gasteiger partial charge on any atom is -0.507 e. The zero-order valence-electron chi connectivity index (χ0n) is 22.2. The highest BCUT2D eigenvalue weighted by atomic mass is 16.5. The summed E-state index contributed by atoms with van der Waals surface area (Å²) in [5, 5.41) is 11.4. The number of Topliss-reactive ketones (excluding diaryl/α,β-unsaturated/α-hetero) is 1. The number of aryl methyl sites for hydroxylation is 1. The highest BCUT2D eigenvalue weighted by Gasteiger charge is 2.45. The van der Waals surface area contributed by atoms with Crippen molar-refractivity contribution in [3.8, 4) is 17.2 Å². The number of aliphatic hydroxyl groups is 1. The van der Waals surface area contributed by atoms with E-state index in [9.17, 15) is 14.7 Å². The standard InChI is InChI=1S/C31H33NO6/c1-5-17-38-24-14-12-23(18-20(24)2)29(33)27-28(22-9-7-6-8-10-22)32(31(35)30(27)34)16-15-21-11-13-25(36-3)26(19-21)37-4/h6-14,18-19,28,33H,5,15-17H2,1-4H3/b29-27-. The van der Waals surface area contributed by atoms with E-state index in [1.165, 1.54) is 4.90 Å². The first-order chi connectivity index (χ1) is 18.4. The maximum Gasteiger partial charge on any atom is 0.295 e. The summed E-state index contributed by atoms with van der Waals surface area (Å²) in [5.41, 5.74) is 3.05. The van der Waals surface area contributed by atoms with Crippen LogP contribution in [0.1, 0.15) is 41.6 Å². The van der Waals surface area contributed by atoms with Crippen molar-refractivity contribution >= 4 is 17.4 Å². The fourth-order valence-electron chi connectivity index (χ4n) is 4.70. The van der Waals surface area contributed by atoms with Crippen LogP contribution >= 0.6 is 0 Å². The van der Waals surface area contributed by atoms with Gasteiger partial charge in [0.05, 0.1) is 32.4 Å². The molecule has 1 heterocycles. The Balaban J connectivity index is 1.71. The summed E-state index contributed by atoms with van der Waals surface area (Å²) in [5.74, 6) is 0.387. The first-order valence-electron chi connectivity index (χ1n) is 12.7. The number of likely N-dealkylation sites (tertiary alicyclic amines) is 1. The average molecular weight is 516 g/mol. The van der Waals surface area contributed by atoms with Crippen LogP contribution in [0.5, 0.6) is 17.2 Å². The summed E-state index contributed by atoms with van der Waals surface area (Å²) in [6.07, 6.45) is 1.37. The number of carbonyl (C=O) groups is 2. The van der Waals surface area contributed by atoms with Gasteiger partial charge in [-0.25, -0.2) is 0 Å². The molecule has 0 aromatic heterocycles. The molecule has 7 heteroatoms. The summed E-state index contributed by atoms with van der Waals surface area (Å²) in [7, 11) is 3.14. The zero-order chi connectivity index (χ0) is 27.2. The number of nitrogens with zero attached hydrogens (tertiary/aromatic N) is 1. The molecule has 0 aliphatic carbocycles. The van der Waals surface area contributed by atoms with Gasteiger partial charge in [0.2, 0.25) is 0 Å². The Hall–Kier alpha value is -4.26. The Bertz CT molecular complexity index is 1350. The Morgan fingerprint density at radius 3 is 2.29 bits per heavy atom. The third-order valence-electron chi connectivity index (χ3n) is 6.65. The van der Waals surface area contributed by atoms with Crippen molar-refractivity contribution in [2.45, 2.75) is 32.7 Å². The Morgan fingerprint density at radius 1 is 0.921 bits per heavy atom. The SMILES string of the molecule is CCCOc1ccc(/C(O)=C2/C(=O)C(=O)N(CCc3ccc(OC)c(OC)c3)C2c2ccccc2)cc1C. The van der Waals surface area contributed by atoms with E-state index in [1.807, 2.05) is 62.4 Å².